The van der Waals surface area contributed by atoms with E-state index in [9.17, 15) is 4.79 Å². The third kappa shape index (κ3) is 5.27. The molecular weight excluding hydrogens is 408 g/mol. The normalized spacial score (nSPS) is 12.1. The van der Waals surface area contributed by atoms with Gasteiger partial charge in [-0.2, -0.15) is 5.10 Å². The predicted octanol–water partition coefficient (Wildman–Crippen LogP) is 3.62. The number of carbonyl (C=O) groups excluding carboxylic acids is 1. The first-order valence-corrected chi connectivity index (χ1v) is 9.14. The molecule has 1 heterocycles. The van der Waals surface area contributed by atoms with Gasteiger partial charge in [0.1, 0.15) is 18.4 Å². The largest absolute Gasteiger partial charge is 0.496 e. The van der Waals surface area contributed by atoms with Crippen molar-refractivity contribution in [2.24, 2.45) is 0 Å². The second-order valence-electron chi connectivity index (χ2n) is 5.81. The number of carbonyl (C=O) groups is 1. The first-order valence-electron chi connectivity index (χ1n) is 8.35. The van der Waals surface area contributed by atoms with Crippen LogP contribution in [0.15, 0.2) is 71.7 Å². The molecular formula is C20H19BrN4O2. The van der Waals surface area contributed by atoms with Gasteiger partial charge in [-0.3, -0.25) is 9.48 Å². The summed E-state index contributed by atoms with van der Waals surface area (Å²) in [7, 11) is 1.60. The van der Waals surface area contributed by atoms with Crippen LogP contribution in [0.25, 0.3) is 6.08 Å². The number of rotatable bonds is 7. The number of benzene rings is 2. The number of hydrogen-bond donors (Lipinski definition) is 1. The average molecular weight is 427 g/mol. The zero-order valence-electron chi connectivity index (χ0n) is 14.7. The fourth-order valence-corrected chi connectivity index (χ4v) is 3.03. The van der Waals surface area contributed by atoms with Gasteiger partial charge in [-0.25, -0.2) is 4.98 Å². The molecule has 3 aromatic rings. The van der Waals surface area contributed by atoms with Crippen molar-refractivity contribution in [3.05, 3.63) is 82.9 Å². The Morgan fingerprint density at radius 3 is 2.81 bits per heavy atom. The van der Waals surface area contributed by atoms with Gasteiger partial charge in [0.05, 0.1) is 19.7 Å². The van der Waals surface area contributed by atoms with Gasteiger partial charge < -0.3 is 10.1 Å². The number of nitrogens with one attached hydrogen (secondary N) is 1. The lowest BCUT2D eigenvalue weighted by atomic mass is 10.1. The van der Waals surface area contributed by atoms with Crippen molar-refractivity contribution in [3.63, 3.8) is 0 Å². The number of nitrogens with zero attached hydrogens (tertiary/aromatic N) is 3. The first kappa shape index (κ1) is 18.8. The molecule has 6 nitrogen and oxygen atoms in total. The van der Waals surface area contributed by atoms with Crippen LogP contribution in [-0.4, -0.2) is 27.8 Å². The third-order valence-electron chi connectivity index (χ3n) is 3.96. The minimum absolute atomic E-state index is 0.203. The van der Waals surface area contributed by atoms with Crippen LogP contribution in [0.2, 0.25) is 0 Å². The van der Waals surface area contributed by atoms with Crippen molar-refractivity contribution in [2.75, 3.05) is 7.11 Å². The van der Waals surface area contributed by atoms with E-state index in [-0.39, 0.29) is 11.9 Å². The van der Waals surface area contributed by atoms with E-state index in [1.165, 1.54) is 12.4 Å². The van der Waals surface area contributed by atoms with E-state index < -0.39 is 0 Å². The fraction of sp³-hybridized carbons (Fsp3) is 0.150. The molecule has 1 atom stereocenters. The molecule has 0 aliphatic carbocycles. The summed E-state index contributed by atoms with van der Waals surface area (Å²) in [5.41, 5.74) is 1.81. The number of hydrogen-bond acceptors (Lipinski definition) is 4. The van der Waals surface area contributed by atoms with Crippen molar-refractivity contribution >= 4 is 27.9 Å². The molecule has 1 aromatic heterocycles. The molecule has 1 N–H and O–H groups in total. The quantitative estimate of drug-likeness (QED) is 0.585. The Labute approximate surface area is 166 Å². The maximum Gasteiger partial charge on any atom is 0.244 e. The van der Waals surface area contributed by atoms with Crippen molar-refractivity contribution < 1.29 is 9.53 Å². The highest BCUT2D eigenvalue weighted by Crippen LogP contribution is 2.24. The van der Waals surface area contributed by atoms with E-state index in [4.69, 9.17) is 4.74 Å². The summed E-state index contributed by atoms with van der Waals surface area (Å²) in [5, 5.41) is 7.16. The maximum atomic E-state index is 12.5. The van der Waals surface area contributed by atoms with Gasteiger partial charge >= 0.3 is 0 Å². The van der Waals surface area contributed by atoms with Crippen LogP contribution in [0.5, 0.6) is 5.75 Å². The molecule has 138 valence electrons. The number of amides is 1. The van der Waals surface area contributed by atoms with Gasteiger partial charge in [-0.05, 0) is 29.8 Å². The molecule has 27 heavy (non-hydrogen) atoms. The van der Waals surface area contributed by atoms with E-state index in [0.29, 0.717) is 12.3 Å². The summed E-state index contributed by atoms with van der Waals surface area (Å²) in [4.78, 5) is 16.5. The van der Waals surface area contributed by atoms with E-state index in [0.717, 1.165) is 15.6 Å². The molecule has 0 bridgehead atoms. The fourth-order valence-electron chi connectivity index (χ4n) is 2.65. The first-order chi connectivity index (χ1) is 13.2. The zero-order chi connectivity index (χ0) is 19.1. The van der Waals surface area contributed by atoms with Crippen LogP contribution in [-0.2, 0) is 11.3 Å². The summed E-state index contributed by atoms with van der Waals surface area (Å²) < 4.78 is 7.94. The molecule has 7 heteroatoms. The highest BCUT2D eigenvalue weighted by Gasteiger charge is 2.14. The topological polar surface area (TPSA) is 69.0 Å². The van der Waals surface area contributed by atoms with Crippen LogP contribution in [0.1, 0.15) is 17.2 Å². The van der Waals surface area contributed by atoms with Gasteiger partial charge in [0, 0.05) is 16.1 Å². The lowest BCUT2D eigenvalue weighted by Crippen LogP contribution is -2.30. The molecule has 0 aliphatic rings. The monoisotopic (exact) mass is 426 g/mol. The highest BCUT2D eigenvalue weighted by atomic mass is 79.9. The maximum absolute atomic E-state index is 12.5. The molecule has 0 fully saturated rings. The Balaban J connectivity index is 1.75. The van der Waals surface area contributed by atoms with Crippen LogP contribution in [0.4, 0.5) is 0 Å². The van der Waals surface area contributed by atoms with Gasteiger partial charge in [0.2, 0.25) is 5.91 Å². The Hall–Kier alpha value is -2.93. The molecule has 0 saturated carbocycles. The second kappa shape index (κ2) is 9.14. The Morgan fingerprint density at radius 2 is 2.11 bits per heavy atom. The van der Waals surface area contributed by atoms with Crippen LogP contribution < -0.4 is 10.1 Å². The van der Waals surface area contributed by atoms with Crippen LogP contribution in [0.3, 0.4) is 0 Å². The SMILES string of the molecule is COc1ccc(Br)cc1/C=C/C(=O)NC(Cn1cncn1)c1ccccc1. The molecule has 0 aliphatic heterocycles. The Kier molecular flexibility index (Phi) is 6.38. The molecule has 0 spiro atoms. The lowest BCUT2D eigenvalue weighted by Gasteiger charge is -2.18. The number of halogens is 1. The van der Waals surface area contributed by atoms with E-state index in [1.807, 2.05) is 48.5 Å². The molecule has 0 saturated heterocycles. The smallest absolute Gasteiger partial charge is 0.244 e. The van der Waals surface area contributed by atoms with Crippen LogP contribution >= 0.6 is 15.9 Å². The Morgan fingerprint density at radius 1 is 1.30 bits per heavy atom. The van der Waals surface area contributed by atoms with Crippen molar-refractivity contribution in [3.8, 4) is 5.75 Å². The molecule has 1 amide bonds. The summed E-state index contributed by atoms with van der Waals surface area (Å²) in [5.74, 6) is 0.496. The summed E-state index contributed by atoms with van der Waals surface area (Å²) in [6, 6.07) is 15.2. The van der Waals surface area contributed by atoms with Crippen molar-refractivity contribution in [1.82, 2.24) is 20.1 Å². The van der Waals surface area contributed by atoms with Crippen molar-refractivity contribution in [1.29, 1.82) is 0 Å². The van der Waals surface area contributed by atoms with Crippen molar-refractivity contribution in [2.45, 2.75) is 12.6 Å². The lowest BCUT2D eigenvalue weighted by molar-refractivity contribution is -0.117. The van der Waals surface area contributed by atoms with E-state index in [2.05, 4.69) is 31.3 Å². The average Bonchev–Trinajstić information content (AvgIpc) is 3.20. The van der Waals surface area contributed by atoms with E-state index >= 15 is 0 Å². The second-order valence-corrected chi connectivity index (χ2v) is 6.72. The van der Waals surface area contributed by atoms with Gasteiger partial charge in [-0.1, -0.05) is 46.3 Å². The van der Waals surface area contributed by atoms with Gasteiger partial charge in [0.15, 0.2) is 0 Å². The molecule has 2 aromatic carbocycles. The minimum Gasteiger partial charge on any atom is -0.496 e. The minimum atomic E-state index is -0.227. The third-order valence-corrected chi connectivity index (χ3v) is 4.45. The summed E-state index contributed by atoms with van der Waals surface area (Å²) >= 11 is 3.43. The summed E-state index contributed by atoms with van der Waals surface area (Å²) in [6.07, 6.45) is 6.34. The van der Waals surface area contributed by atoms with Gasteiger partial charge in [-0.15, -0.1) is 0 Å². The predicted molar refractivity (Wildman–Crippen MR) is 107 cm³/mol. The molecule has 3 rings (SSSR count). The number of ether oxygens (including phenoxy) is 1. The number of methoxy groups -OCH3 is 1. The molecule has 1 unspecified atom stereocenters. The molecule has 0 radical (unpaired) electrons. The number of aromatic nitrogens is 3. The van der Waals surface area contributed by atoms with E-state index in [1.54, 1.807) is 24.2 Å². The highest BCUT2D eigenvalue weighted by molar-refractivity contribution is 9.10. The zero-order valence-corrected chi connectivity index (χ0v) is 16.3. The summed E-state index contributed by atoms with van der Waals surface area (Å²) in [6.45, 7) is 0.490. The Bertz CT molecular complexity index is 911. The standard InChI is InChI=1S/C20H19BrN4O2/c1-27-19-9-8-17(21)11-16(19)7-10-20(26)24-18(12-25-14-22-13-23-25)15-5-3-2-4-6-15/h2-11,13-14,18H,12H2,1H3,(H,24,26)/b10-7+. The van der Waals surface area contributed by atoms with Crippen LogP contribution in [0, 0.1) is 0 Å². The van der Waals surface area contributed by atoms with Gasteiger partial charge in [0.25, 0.3) is 0 Å².